The Morgan fingerprint density at radius 2 is 1.78 bits per heavy atom. The van der Waals surface area contributed by atoms with Crippen LogP contribution >= 0.6 is 11.6 Å². The Bertz CT molecular complexity index is 962. The molecule has 7 nitrogen and oxygen atoms in total. The number of ether oxygens (including phenoxy) is 2. The molecule has 1 amide bonds. The average Bonchev–Trinajstić information content (AvgIpc) is 3.16. The van der Waals surface area contributed by atoms with Gasteiger partial charge in [0.25, 0.3) is 5.91 Å². The van der Waals surface area contributed by atoms with Gasteiger partial charge in [-0.1, -0.05) is 17.7 Å². The number of nitrogens with one attached hydrogen (secondary N) is 2. The van der Waals surface area contributed by atoms with Gasteiger partial charge >= 0.3 is 0 Å². The number of carbonyl (C=O) groups excluding carboxylic acids is 1. The monoisotopic (exact) mass is 382 g/mol. The van der Waals surface area contributed by atoms with Crippen molar-refractivity contribution in [3.05, 3.63) is 71.0 Å². The van der Waals surface area contributed by atoms with Crippen LogP contribution in [0.4, 0.5) is 11.6 Å². The van der Waals surface area contributed by atoms with Crippen LogP contribution < -0.4 is 20.1 Å². The molecule has 0 saturated heterocycles. The van der Waals surface area contributed by atoms with Crippen molar-refractivity contribution in [2.75, 3.05) is 12.1 Å². The number of rotatable bonds is 5. The molecule has 2 heterocycles. The maximum absolute atomic E-state index is 12.3. The molecule has 1 aliphatic heterocycles. The van der Waals surface area contributed by atoms with Gasteiger partial charge in [0, 0.05) is 29.6 Å². The largest absolute Gasteiger partial charge is 0.454 e. The molecule has 3 aromatic rings. The molecule has 0 saturated carbocycles. The highest BCUT2D eigenvalue weighted by Crippen LogP contribution is 2.32. The average molecular weight is 383 g/mol. The number of benzene rings is 2. The summed E-state index contributed by atoms with van der Waals surface area (Å²) in [5, 5.41) is 6.52. The van der Waals surface area contributed by atoms with Crippen LogP contribution in [-0.2, 0) is 6.54 Å². The Hall–Kier alpha value is -3.32. The minimum atomic E-state index is -0.259. The molecule has 136 valence electrons. The van der Waals surface area contributed by atoms with Crippen molar-refractivity contribution in [2.45, 2.75) is 6.54 Å². The van der Waals surface area contributed by atoms with Crippen LogP contribution in [0.1, 0.15) is 15.9 Å². The highest BCUT2D eigenvalue weighted by atomic mass is 35.5. The third-order valence-corrected chi connectivity index (χ3v) is 4.16. The summed E-state index contributed by atoms with van der Waals surface area (Å²) in [7, 11) is 0. The second kappa shape index (κ2) is 7.51. The normalized spacial score (nSPS) is 11.9. The summed E-state index contributed by atoms with van der Waals surface area (Å²) in [6, 6.07) is 12.7. The zero-order chi connectivity index (χ0) is 18.6. The molecule has 1 aliphatic rings. The van der Waals surface area contributed by atoms with Gasteiger partial charge in [-0.25, -0.2) is 9.97 Å². The van der Waals surface area contributed by atoms with E-state index in [0.29, 0.717) is 34.6 Å². The first-order chi connectivity index (χ1) is 13.2. The molecule has 0 bridgehead atoms. The zero-order valence-electron chi connectivity index (χ0n) is 14.1. The van der Waals surface area contributed by atoms with Crippen LogP contribution in [0.2, 0.25) is 5.02 Å². The molecule has 8 heteroatoms. The van der Waals surface area contributed by atoms with E-state index in [1.807, 2.05) is 30.3 Å². The lowest BCUT2D eigenvalue weighted by Crippen LogP contribution is -2.23. The first-order valence-electron chi connectivity index (χ1n) is 8.19. The molecule has 0 radical (unpaired) electrons. The standard InChI is InChI=1S/C19H15ClN4O3/c20-14-2-4-15(5-3-14)24-19-22-9-13(10-23-19)18(25)21-8-12-1-6-16-17(7-12)27-11-26-16/h1-7,9-10H,8,11H2,(H,21,25)(H,22,23,24). The number of fused-ring (bicyclic) bond motifs is 1. The molecule has 0 atom stereocenters. The first kappa shape index (κ1) is 17.1. The molecule has 4 rings (SSSR count). The molecule has 0 fully saturated rings. The van der Waals surface area contributed by atoms with E-state index in [9.17, 15) is 4.79 Å². The molecule has 2 N–H and O–H groups in total. The predicted octanol–water partition coefficient (Wildman–Crippen LogP) is 3.53. The van der Waals surface area contributed by atoms with E-state index in [1.165, 1.54) is 12.4 Å². The Kier molecular flexibility index (Phi) is 4.76. The quantitative estimate of drug-likeness (QED) is 0.702. The summed E-state index contributed by atoms with van der Waals surface area (Å²) in [5.74, 6) is 1.53. The van der Waals surface area contributed by atoms with Gasteiger partial charge in [0.05, 0.1) is 5.56 Å². The maximum Gasteiger partial charge on any atom is 0.254 e. The predicted molar refractivity (Wildman–Crippen MR) is 101 cm³/mol. The lowest BCUT2D eigenvalue weighted by Gasteiger charge is -2.07. The maximum atomic E-state index is 12.3. The summed E-state index contributed by atoms with van der Waals surface area (Å²) < 4.78 is 10.6. The molecule has 0 spiro atoms. The molecular formula is C19H15ClN4O3. The number of anilines is 2. The Labute approximate surface area is 160 Å². The second-order valence-corrected chi connectivity index (χ2v) is 6.23. The van der Waals surface area contributed by atoms with Gasteiger partial charge in [0.2, 0.25) is 12.7 Å². The van der Waals surface area contributed by atoms with Crippen LogP contribution in [0.3, 0.4) is 0 Å². The van der Waals surface area contributed by atoms with E-state index >= 15 is 0 Å². The van der Waals surface area contributed by atoms with Gasteiger partial charge in [-0.15, -0.1) is 0 Å². The van der Waals surface area contributed by atoms with Crippen molar-refractivity contribution in [1.29, 1.82) is 0 Å². The number of carbonyl (C=O) groups is 1. The molecule has 0 unspecified atom stereocenters. The molecule has 0 aliphatic carbocycles. The highest BCUT2D eigenvalue weighted by molar-refractivity contribution is 6.30. The van der Waals surface area contributed by atoms with Crippen molar-refractivity contribution in [1.82, 2.24) is 15.3 Å². The van der Waals surface area contributed by atoms with E-state index in [1.54, 1.807) is 12.1 Å². The van der Waals surface area contributed by atoms with Crippen molar-refractivity contribution in [2.24, 2.45) is 0 Å². The van der Waals surface area contributed by atoms with Gasteiger partial charge in [-0.2, -0.15) is 0 Å². The van der Waals surface area contributed by atoms with Crippen molar-refractivity contribution in [3.8, 4) is 11.5 Å². The Morgan fingerprint density at radius 3 is 2.56 bits per heavy atom. The van der Waals surface area contributed by atoms with Crippen LogP contribution in [-0.4, -0.2) is 22.7 Å². The summed E-state index contributed by atoms with van der Waals surface area (Å²) in [5.41, 5.74) is 2.09. The van der Waals surface area contributed by atoms with Crippen molar-refractivity contribution < 1.29 is 14.3 Å². The van der Waals surface area contributed by atoms with Crippen LogP contribution in [0.5, 0.6) is 11.5 Å². The highest BCUT2D eigenvalue weighted by Gasteiger charge is 2.14. The van der Waals surface area contributed by atoms with Gasteiger partial charge in [0.15, 0.2) is 11.5 Å². The van der Waals surface area contributed by atoms with E-state index in [-0.39, 0.29) is 12.7 Å². The third kappa shape index (κ3) is 4.09. The first-order valence-corrected chi connectivity index (χ1v) is 8.56. The van der Waals surface area contributed by atoms with Gasteiger partial charge in [-0.05, 0) is 42.0 Å². The minimum Gasteiger partial charge on any atom is -0.454 e. The van der Waals surface area contributed by atoms with E-state index in [0.717, 1.165) is 11.3 Å². The topological polar surface area (TPSA) is 85.4 Å². The smallest absolute Gasteiger partial charge is 0.254 e. The fourth-order valence-corrected chi connectivity index (χ4v) is 2.63. The molecule has 1 aromatic heterocycles. The van der Waals surface area contributed by atoms with Crippen molar-refractivity contribution >= 4 is 29.1 Å². The summed E-state index contributed by atoms with van der Waals surface area (Å²) in [6.45, 7) is 0.582. The number of amides is 1. The zero-order valence-corrected chi connectivity index (χ0v) is 14.9. The van der Waals surface area contributed by atoms with Gasteiger partial charge < -0.3 is 20.1 Å². The Balaban J connectivity index is 1.35. The fourth-order valence-electron chi connectivity index (χ4n) is 2.51. The fraction of sp³-hybridized carbons (Fsp3) is 0.105. The number of hydrogen-bond acceptors (Lipinski definition) is 6. The van der Waals surface area contributed by atoms with E-state index in [4.69, 9.17) is 21.1 Å². The Morgan fingerprint density at radius 1 is 1.04 bits per heavy atom. The van der Waals surface area contributed by atoms with Gasteiger partial charge in [0.1, 0.15) is 0 Å². The molecule has 2 aromatic carbocycles. The van der Waals surface area contributed by atoms with E-state index in [2.05, 4.69) is 20.6 Å². The lowest BCUT2D eigenvalue weighted by molar-refractivity contribution is 0.0950. The number of nitrogens with zero attached hydrogens (tertiary/aromatic N) is 2. The van der Waals surface area contributed by atoms with Crippen LogP contribution in [0.25, 0.3) is 0 Å². The van der Waals surface area contributed by atoms with Crippen molar-refractivity contribution in [3.63, 3.8) is 0 Å². The van der Waals surface area contributed by atoms with Crippen LogP contribution in [0.15, 0.2) is 54.9 Å². The van der Waals surface area contributed by atoms with Crippen LogP contribution in [0, 0.1) is 0 Å². The van der Waals surface area contributed by atoms with Gasteiger partial charge in [-0.3, -0.25) is 4.79 Å². The number of aromatic nitrogens is 2. The number of hydrogen-bond donors (Lipinski definition) is 2. The summed E-state index contributed by atoms with van der Waals surface area (Å²) in [6.07, 6.45) is 2.94. The lowest BCUT2D eigenvalue weighted by atomic mass is 10.2. The minimum absolute atomic E-state index is 0.221. The SMILES string of the molecule is O=C(NCc1ccc2c(c1)OCO2)c1cnc(Nc2ccc(Cl)cc2)nc1. The molecular weight excluding hydrogens is 368 g/mol. The molecule has 27 heavy (non-hydrogen) atoms. The second-order valence-electron chi connectivity index (χ2n) is 5.80. The summed E-state index contributed by atoms with van der Waals surface area (Å²) in [4.78, 5) is 20.6. The third-order valence-electron chi connectivity index (χ3n) is 3.90. The van der Waals surface area contributed by atoms with E-state index < -0.39 is 0 Å². The number of halogens is 1. The summed E-state index contributed by atoms with van der Waals surface area (Å²) >= 11 is 5.86.